The van der Waals surface area contributed by atoms with E-state index in [-0.39, 0.29) is 0 Å². The van der Waals surface area contributed by atoms with Crippen LogP contribution in [-0.4, -0.2) is 65.2 Å². The zero-order valence-electron chi connectivity index (χ0n) is 13.6. The highest BCUT2D eigenvalue weighted by Gasteiger charge is 2.17. The molecule has 7 heteroatoms. The number of nitrogens with one attached hydrogen (secondary N) is 1. The number of piperazine rings is 1. The van der Waals surface area contributed by atoms with Crippen molar-refractivity contribution in [3.63, 3.8) is 0 Å². The maximum Gasteiger partial charge on any atom is 0.209 e. The molecule has 2 aliphatic rings. The second kappa shape index (κ2) is 7.92. The van der Waals surface area contributed by atoms with E-state index in [4.69, 9.17) is 0 Å². The van der Waals surface area contributed by atoms with Gasteiger partial charge in [-0.15, -0.1) is 0 Å². The predicted molar refractivity (Wildman–Crippen MR) is 92.8 cm³/mol. The summed E-state index contributed by atoms with van der Waals surface area (Å²) in [6.45, 7) is 3.33. The number of aromatic nitrogens is 2. The first-order valence-corrected chi connectivity index (χ1v) is 8.31. The van der Waals surface area contributed by atoms with Crippen LogP contribution >= 0.6 is 0 Å². The normalized spacial score (nSPS) is 19.0. The van der Waals surface area contributed by atoms with Crippen LogP contribution in [0.3, 0.4) is 0 Å². The molecule has 1 aliphatic heterocycles. The standard InChI is InChI=1S/C17H23N5O2/c23-13-21-6-8-22(9-7-21)17-10-16(19-12-20-17)18-11-15(24)14-4-2-1-3-5-14/h2,4-5,10,12-13,15,24H,1,3,6-9,11H2,(H,18,19,20). The Morgan fingerprint density at radius 3 is 2.79 bits per heavy atom. The predicted octanol–water partition coefficient (Wildman–Crippen LogP) is 0.804. The van der Waals surface area contributed by atoms with Gasteiger partial charge in [-0.3, -0.25) is 4.79 Å². The highest BCUT2D eigenvalue weighted by Crippen LogP contribution is 2.17. The van der Waals surface area contributed by atoms with Crippen molar-refractivity contribution in [2.45, 2.75) is 18.9 Å². The third kappa shape index (κ3) is 4.11. The van der Waals surface area contributed by atoms with E-state index in [0.717, 1.165) is 43.7 Å². The molecule has 1 aromatic rings. The van der Waals surface area contributed by atoms with Crippen molar-refractivity contribution in [3.05, 3.63) is 36.2 Å². The molecule has 3 rings (SSSR count). The number of hydrogen-bond donors (Lipinski definition) is 2. The molecule has 0 bridgehead atoms. The van der Waals surface area contributed by atoms with Crippen LogP contribution in [-0.2, 0) is 4.79 Å². The molecule has 0 spiro atoms. The molecule has 1 aromatic heterocycles. The highest BCUT2D eigenvalue weighted by atomic mass is 16.3. The number of amides is 1. The molecule has 2 heterocycles. The lowest BCUT2D eigenvalue weighted by Crippen LogP contribution is -2.46. The fourth-order valence-corrected chi connectivity index (χ4v) is 2.87. The van der Waals surface area contributed by atoms with E-state index in [9.17, 15) is 9.90 Å². The quantitative estimate of drug-likeness (QED) is 0.752. The summed E-state index contributed by atoms with van der Waals surface area (Å²) in [5.41, 5.74) is 0.952. The smallest absolute Gasteiger partial charge is 0.209 e. The van der Waals surface area contributed by atoms with E-state index in [1.54, 1.807) is 4.90 Å². The SMILES string of the molecule is O=CN1CCN(c2cc(NCC(O)C3=CCCC=C3)ncn2)CC1. The zero-order valence-corrected chi connectivity index (χ0v) is 13.6. The van der Waals surface area contributed by atoms with E-state index in [1.807, 2.05) is 12.1 Å². The van der Waals surface area contributed by atoms with Gasteiger partial charge in [-0.25, -0.2) is 9.97 Å². The van der Waals surface area contributed by atoms with Gasteiger partial charge < -0.3 is 20.2 Å². The lowest BCUT2D eigenvalue weighted by atomic mass is 10.0. The van der Waals surface area contributed by atoms with E-state index in [2.05, 4.69) is 32.3 Å². The van der Waals surface area contributed by atoms with Gasteiger partial charge in [0.2, 0.25) is 6.41 Å². The third-order valence-corrected chi connectivity index (χ3v) is 4.32. The number of anilines is 2. The van der Waals surface area contributed by atoms with E-state index in [0.29, 0.717) is 25.5 Å². The molecule has 1 unspecified atom stereocenters. The average molecular weight is 329 g/mol. The number of carbonyl (C=O) groups is 1. The first-order chi connectivity index (χ1) is 11.8. The number of aliphatic hydroxyl groups excluding tert-OH is 1. The molecule has 1 amide bonds. The summed E-state index contributed by atoms with van der Waals surface area (Å²) >= 11 is 0. The van der Waals surface area contributed by atoms with Crippen molar-refractivity contribution >= 4 is 18.0 Å². The molecule has 24 heavy (non-hydrogen) atoms. The van der Waals surface area contributed by atoms with Gasteiger partial charge in [0.05, 0.1) is 6.10 Å². The Kier molecular flexibility index (Phi) is 5.43. The molecule has 1 saturated heterocycles. The maximum absolute atomic E-state index is 10.8. The first kappa shape index (κ1) is 16.4. The lowest BCUT2D eigenvalue weighted by Gasteiger charge is -2.33. The second-order valence-electron chi connectivity index (χ2n) is 5.97. The Morgan fingerprint density at radius 1 is 1.25 bits per heavy atom. The van der Waals surface area contributed by atoms with Crippen LogP contribution in [0, 0.1) is 0 Å². The van der Waals surface area contributed by atoms with Gasteiger partial charge in [-0.1, -0.05) is 18.2 Å². The molecule has 0 aromatic carbocycles. The zero-order chi connectivity index (χ0) is 16.8. The van der Waals surface area contributed by atoms with Crippen LogP contribution in [0.2, 0.25) is 0 Å². The summed E-state index contributed by atoms with van der Waals surface area (Å²) in [5.74, 6) is 1.53. The first-order valence-electron chi connectivity index (χ1n) is 8.31. The summed E-state index contributed by atoms with van der Waals surface area (Å²) in [5, 5.41) is 13.4. The largest absolute Gasteiger partial charge is 0.387 e. The minimum absolute atomic E-state index is 0.408. The fraction of sp³-hybridized carbons (Fsp3) is 0.471. The Morgan fingerprint density at radius 2 is 2.08 bits per heavy atom. The second-order valence-corrected chi connectivity index (χ2v) is 5.97. The number of nitrogens with zero attached hydrogens (tertiary/aromatic N) is 4. The Hall–Kier alpha value is -2.41. The van der Waals surface area contributed by atoms with Gasteiger partial charge in [-0.2, -0.15) is 0 Å². The number of carbonyl (C=O) groups excluding carboxylic acids is 1. The Labute approximate surface area is 141 Å². The van der Waals surface area contributed by atoms with Crippen molar-refractivity contribution in [1.82, 2.24) is 14.9 Å². The van der Waals surface area contributed by atoms with Crippen molar-refractivity contribution in [3.8, 4) is 0 Å². The molecule has 1 atom stereocenters. The fourth-order valence-electron chi connectivity index (χ4n) is 2.87. The Bertz CT molecular complexity index is 623. The minimum Gasteiger partial charge on any atom is -0.387 e. The molecular weight excluding hydrogens is 306 g/mol. The lowest BCUT2D eigenvalue weighted by molar-refractivity contribution is -0.118. The average Bonchev–Trinajstić information content (AvgIpc) is 2.67. The van der Waals surface area contributed by atoms with Gasteiger partial charge in [0.1, 0.15) is 18.0 Å². The van der Waals surface area contributed by atoms with Crippen LogP contribution < -0.4 is 10.2 Å². The van der Waals surface area contributed by atoms with E-state index >= 15 is 0 Å². The Balaban J connectivity index is 1.56. The van der Waals surface area contributed by atoms with Crippen molar-refractivity contribution in [2.75, 3.05) is 42.9 Å². The summed E-state index contributed by atoms with van der Waals surface area (Å²) < 4.78 is 0. The van der Waals surface area contributed by atoms with Crippen LogP contribution in [0.5, 0.6) is 0 Å². The molecule has 0 saturated carbocycles. The van der Waals surface area contributed by atoms with Gasteiger partial charge >= 0.3 is 0 Å². The summed E-state index contributed by atoms with van der Waals surface area (Å²) in [6, 6.07) is 1.88. The van der Waals surface area contributed by atoms with Crippen LogP contribution in [0.1, 0.15) is 12.8 Å². The van der Waals surface area contributed by atoms with Gasteiger partial charge in [0.25, 0.3) is 0 Å². The van der Waals surface area contributed by atoms with Crippen LogP contribution in [0.4, 0.5) is 11.6 Å². The maximum atomic E-state index is 10.8. The van der Waals surface area contributed by atoms with Crippen LogP contribution in [0.25, 0.3) is 0 Å². The van der Waals surface area contributed by atoms with Gasteiger partial charge in [0, 0.05) is 38.8 Å². The van der Waals surface area contributed by atoms with E-state index < -0.39 is 6.10 Å². The summed E-state index contributed by atoms with van der Waals surface area (Å²) in [7, 11) is 0. The molecular formula is C17H23N5O2. The van der Waals surface area contributed by atoms with Crippen molar-refractivity contribution in [1.29, 1.82) is 0 Å². The number of allylic oxidation sites excluding steroid dienone is 2. The third-order valence-electron chi connectivity index (χ3n) is 4.32. The number of aliphatic hydroxyl groups is 1. The molecule has 1 fully saturated rings. The molecule has 2 N–H and O–H groups in total. The van der Waals surface area contributed by atoms with Crippen LogP contribution in [0.15, 0.2) is 36.2 Å². The topological polar surface area (TPSA) is 81.6 Å². The number of rotatable bonds is 6. The minimum atomic E-state index is -0.545. The highest BCUT2D eigenvalue weighted by molar-refractivity contribution is 5.51. The molecule has 7 nitrogen and oxygen atoms in total. The van der Waals surface area contributed by atoms with Crippen molar-refractivity contribution < 1.29 is 9.90 Å². The van der Waals surface area contributed by atoms with Crippen molar-refractivity contribution in [2.24, 2.45) is 0 Å². The van der Waals surface area contributed by atoms with E-state index in [1.165, 1.54) is 6.33 Å². The monoisotopic (exact) mass is 329 g/mol. The molecule has 0 radical (unpaired) electrons. The summed E-state index contributed by atoms with van der Waals surface area (Å²) in [4.78, 5) is 23.2. The van der Waals surface area contributed by atoms with Gasteiger partial charge in [-0.05, 0) is 18.4 Å². The number of hydrogen-bond acceptors (Lipinski definition) is 6. The molecule has 1 aliphatic carbocycles. The summed E-state index contributed by atoms with van der Waals surface area (Å²) in [6.07, 6.45) is 10.0. The van der Waals surface area contributed by atoms with Gasteiger partial charge in [0.15, 0.2) is 0 Å². The molecule has 128 valence electrons.